The molecule has 0 radical (unpaired) electrons. The van der Waals surface area contributed by atoms with Crippen LogP contribution < -0.4 is 9.26 Å². The Morgan fingerprint density at radius 1 is 1.14 bits per heavy atom. The van der Waals surface area contributed by atoms with E-state index < -0.39 is 33.4 Å². The zero-order chi connectivity index (χ0) is 16.6. The highest BCUT2D eigenvalue weighted by atomic mass is 127. The van der Waals surface area contributed by atoms with Crippen molar-refractivity contribution < 1.29 is 39.2 Å². The maximum absolute atomic E-state index is 11.1. The van der Waals surface area contributed by atoms with Crippen LogP contribution in [0.2, 0.25) is 0 Å². The van der Waals surface area contributed by atoms with Crippen molar-refractivity contribution in [3.05, 3.63) is 21.8 Å². The Kier molecular flexibility index (Phi) is 8.21. The first kappa shape index (κ1) is 19.3. The van der Waals surface area contributed by atoms with E-state index in [2.05, 4.69) is 4.52 Å². The molecule has 0 amide bonds. The number of phosphoric ester groups is 1. The van der Waals surface area contributed by atoms with Gasteiger partial charge in [0.05, 0.1) is 19.8 Å². The summed E-state index contributed by atoms with van der Waals surface area (Å²) < 4.78 is 52.4. The summed E-state index contributed by atoms with van der Waals surface area (Å²) >= 11 is -3.96. The molecule has 126 valence electrons. The maximum atomic E-state index is 11.1. The second-order valence-corrected chi connectivity index (χ2v) is 7.41. The quantitative estimate of drug-likeness (QED) is 0.310. The number of ether oxygens (including phenoxy) is 3. The highest BCUT2D eigenvalue weighted by molar-refractivity contribution is 14.2. The highest BCUT2D eigenvalue weighted by Gasteiger charge is 2.21. The predicted octanol–water partition coefficient (Wildman–Crippen LogP) is 1.57. The van der Waals surface area contributed by atoms with E-state index in [0.29, 0.717) is 13.2 Å². The summed E-state index contributed by atoms with van der Waals surface area (Å²) in [6.45, 7) is 1.32. The van der Waals surface area contributed by atoms with Crippen LogP contribution in [0, 0.1) is 3.57 Å². The van der Waals surface area contributed by atoms with Gasteiger partial charge in [0.2, 0.25) is 0 Å². The molecular formula is C11H16IO9P. The average Bonchev–Trinajstić information content (AvgIpc) is 2.40. The molecular weight excluding hydrogens is 434 g/mol. The first-order valence-corrected chi connectivity index (χ1v) is 10.3. The summed E-state index contributed by atoms with van der Waals surface area (Å²) in [6.07, 6.45) is 0. The molecule has 0 fully saturated rings. The third-order valence-corrected chi connectivity index (χ3v) is 4.49. The lowest BCUT2D eigenvalue weighted by atomic mass is 10.3. The minimum absolute atomic E-state index is 0.176. The number of hydrogen-bond donors (Lipinski definition) is 2. The standard InChI is InChI=1S/C11H16IO9P/c1-18-4-5-19-6-7-20-9-2-3-10(12(13)14)11(8-9)21-22(15,16)17/h2-3,8H,4-7H2,1H3,(H2,15,16,17). The average molecular weight is 450 g/mol. The fraction of sp³-hybridized carbons (Fsp3) is 0.455. The van der Waals surface area contributed by atoms with E-state index in [0.717, 1.165) is 6.07 Å². The lowest BCUT2D eigenvalue weighted by Crippen LogP contribution is -2.10. The van der Waals surface area contributed by atoms with Crippen molar-refractivity contribution in [3.63, 3.8) is 0 Å². The number of halogens is 1. The second-order valence-electron chi connectivity index (χ2n) is 3.85. The zero-order valence-corrected chi connectivity index (χ0v) is 14.7. The Labute approximate surface area is 133 Å². The largest absolute Gasteiger partial charge is 0.524 e. The molecule has 0 heterocycles. The van der Waals surface area contributed by atoms with Gasteiger partial charge in [-0.3, -0.25) is 9.79 Å². The molecule has 11 heteroatoms. The van der Waals surface area contributed by atoms with Gasteiger partial charge in [0.25, 0.3) is 0 Å². The Bertz CT molecular complexity index is 587. The SMILES string of the molecule is COCCOCCOc1ccc(I(=O)=O)c(OP(=O)(O)O)c1. The van der Waals surface area contributed by atoms with Gasteiger partial charge in [-0.2, -0.15) is 0 Å². The van der Waals surface area contributed by atoms with Crippen LogP contribution in [-0.2, 0) is 20.2 Å². The fourth-order valence-corrected chi connectivity index (χ4v) is 3.12. The Hall–Kier alpha value is -0.780. The molecule has 0 unspecified atom stereocenters. The lowest BCUT2D eigenvalue weighted by molar-refractivity contribution is 0.0544. The van der Waals surface area contributed by atoms with E-state index >= 15 is 0 Å². The van der Waals surface area contributed by atoms with Crippen LogP contribution in [0.3, 0.4) is 0 Å². The van der Waals surface area contributed by atoms with Crippen molar-refractivity contribution in [3.8, 4) is 11.5 Å². The van der Waals surface area contributed by atoms with Crippen LogP contribution in [0.4, 0.5) is 0 Å². The van der Waals surface area contributed by atoms with Crippen LogP contribution in [0.15, 0.2) is 18.2 Å². The summed E-state index contributed by atoms with van der Waals surface area (Å²) in [7, 11) is -3.32. The van der Waals surface area contributed by atoms with Crippen LogP contribution >= 0.6 is 27.6 Å². The number of phosphoric acid groups is 1. The Morgan fingerprint density at radius 2 is 1.82 bits per heavy atom. The Morgan fingerprint density at radius 3 is 2.41 bits per heavy atom. The van der Waals surface area contributed by atoms with Crippen molar-refractivity contribution in [2.75, 3.05) is 33.5 Å². The smallest absolute Gasteiger partial charge is 0.491 e. The molecule has 0 bridgehead atoms. The van der Waals surface area contributed by atoms with Crippen molar-refractivity contribution >= 4 is 27.6 Å². The van der Waals surface area contributed by atoms with E-state index in [-0.39, 0.29) is 22.5 Å². The van der Waals surface area contributed by atoms with Crippen molar-refractivity contribution in [1.82, 2.24) is 0 Å². The lowest BCUT2D eigenvalue weighted by Gasteiger charge is -2.11. The summed E-state index contributed by atoms with van der Waals surface area (Å²) in [4.78, 5) is 17.6. The highest BCUT2D eigenvalue weighted by Crippen LogP contribution is 2.42. The molecule has 9 nitrogen and oxygen atoms in total. The number of hydrogen-bond acceptors (Lipinski definition) is 7. The van der Waals surface area contributed by atoms with Gasteiger partial charge >= 0.3 is 27.6 Å². The van der Waals surface area contributed by atoms with E-state index in [9.17, 15) is 10.7 Å². The summed E-state index contributed by atoms with van der Waals surface area (Å²) in [5.74, 6) is -0.221. The topological polar surface area (TPSA) is 129 Å². The fourth-order valence-electron chi connectivity index (χ4n) is 1.36. The monoisotopic (exact) mass is 450 g/mol. The molecule has 1 aromatic rings. The van der Waals surface area contributed by atoms with E-state index in [1.54, 1.807) is 7.11 Å². The molecule has 22 heavy (non-hydrogen) atoms. The van der Waals surface area contributed by atoms with Gasteiger partial charge in [0.15, 0.2) is 5.75 Å². The van der Waals surface area contributed by atoms with Crippen molar-refractivity contribution in [2.45, 2.75) is 0 Å². The first-order valence-electron chi connectivity index (χ1n) is 5.97. The molecule has 2 N–H and O–H groups in total. The van der Waals surface area contributed by atoms with Gasteiger partial charge in [-0.15, -0.1) is 0 Å². The van der Waals surface area contributed by atoms with Gasteiger partial charge in [-0.25, -0.2) is 10.7 Å². The van der Waals surface area contributed by atoms with Crippen LogP contribution in [-0.4, -0.2) is 43.3 Å². The predicted molar refractivity (Wildman–Crippen MR) is 81.4 cm³/mol. The van der Waals surface area contributed by atoms with Crippen LogP contribution in [0.5, 0.6) is 11.5 Å². The van der Waals surface area contributed by atoms with Gasteiger partial charge in [0.1, 0.15) is 15.9 Å². The summed E-state index contributed by atoms with van der Waals surface area (Å²) in [5, 5.41) is 0. The van der Waals surface area contributed by atoms with E-state index in [4.69, 9.17) is 24.0 Å². The van der Waals surface area contributed by atoms with Crippen LogP contribution in [0.25, 0.3) is 0 Å². The third kappa shape index (κ3) is 7.47. The van der Waals surface area contributed by atoms with Crippen LogP contribution in [0.1, 0.15) is 0 Å². The van der Waals surface area contributed by atoms with E-state index in [1.165, 1.54) is 12.1 Å². The molecule has 0 aliphatic heterocycles. The molecule has 1 aromatic carbocycles. The molecule has 0 aromatic heterocycles. The summed E-state index contributed by atoms with van der Waals surface area (Å²) in [5.41, 5.74) is 0. The summed E-state index contributed by atoms with van der Waals surface area (Å²) in [6, 6.07) is 3.66. The molecule has 0 aliphatic rings. The number of rotatable bonds is 10. The van der Waals surface area contributed by atoms with Gasteiger partial charge in [-0.1, -0.05) is 0 Å². The normalized spacial score (nSPS) is 11.6. The number of benzene rings is 1. The van der Waals surface area contributed by atoms with Crippen molar-refractivity contribution in [2.24, 2.45) is 0 Å². The van der Waals surface area contributed by atoms with Gasteiger partial charge in [-0.05, 0) is 12.1 Å². The van der Waals surface area contributed by atoms with Crippen molar-refractivity contribution in [1.29, 1.82) is 0 Å². The molecule has 0 saturated heterocycles. The molecule has 0 aliphatic carbocycles. The zero-order valence-electron chi connectivity index (χ0n) is 11.6. The van der Waals surface area contributed by atoms with E-state index in [1.807, 2.05) is 0 Å². The second kappa shape index (κ2) is 9.38. The minimum Gasteiger partial charge on any atom is -0.491 e. The maximum Gasteiger partial charge on any atom is 0.524 e. The minimum atomic E-state index is -4.87. The van der Waals surface area contributed by atoms with Gasteiger partial charge < -0.3 is 18.7 Å². The third-order valence-electron chi connectivity index (χ3n) is 2.21. The molecule has 0 atom stereocenters. The molecule has 0 saturated carbocycles. The molecule has 0 spiro atoms. The first-order chi connectivity index (χ1) is 10.3. The Balaban J connectivity index is 2.69. The van der Waals surface area contributed by atoms with Gasteiger partial charge in [0, 0.05) is 13.2 Å². The number of methoxy groups -OCH3 is 1. The molecule has 1 rings (SSSR count).